The van der Waals surface area contributed by atoms with Gasteiger partial charge in [0.2, 0.25) is 0 Å². The van der Waals surface area contributed by atoms with E-state index >= 15 is 0 Å². The van der Waals surface area contributed by atoms with Gasteiger partial charge in [-0.3, -0.25) is 4.79 Å². The number of aromatic nitrogens is 2. The molecule has 0 bridgehead atoms. The van der Waals surface area contributed by atoms with E-state index in [-0.39, 0.29) is 5.25 Å². The number of hydrogen-bond donors (Lipinski definition) is 1. The monoisotopic (exact) mass is 228 g/mol. The summed E-state index contributed by atoms with van der Waals surface area (Å²) in [6.45, 7) is 2.06. The second kappa shape index (κ2) is 5.80. The highest BCUT2D eigenvalue weighted by Gasteiger charge is 2.19. The molecule has 5 heteroatoms. The lowest BCUT2D eigenvalue weighted by atomic mass is 10.2. The van der Waals surface area contributed by atoms with Crippen molar-refractivity contribution in [2.45, 2.75) is 36.6 Å². The number of carboxylic acid groups (broad SMARTS) is 1. The zero-order valence-electron chi connectivity index (χ0n) is 9.01. The van der Waals surface area contributed by atoms with Crippen molar-refractivity contribution in [2.24, 2.45) is 7.05 Å². The van der Waals surface area contributed by atoms with Crippen LogP contribution in [0, 0.1) is 0 Å². The number of nitrogens with zero attached hydrogens (tertiary/aromatic N) is 2. The molecule has 0 saturated heterocycles. The van der Waals surface area contributed by atoms with Crippen LogP contribution >= 0.6 is 11.8 Å². The molecule has 4 nitrogen and oxygen atoms in total. The molecule has 0 aliphatic heterocycles. The Bertz CT molecular complexity index is 325. The summed E-state index contributed by atoms with van der Waals surface area (Å²) >= 11 is 1.32. The Kier molecular flexibility index (Phi) is 4.68. The third kappa shape index (κ3) is 3.58. The van der Waals surface area contributed by atoms with E-state index in [1.54, 1.807) is 6.20 Å². The summed E-state index contributed by atoms with van der Waals surface area (Å²) in [4.78, 5) is 15.1. The fraction of sp³-hybridized carbons (Fsp3) is 0.600. The largest absolute Gasteiger partial charge is 0.480 e. The van der Waals surface area contributed by atoms with E-state index in [0.717, 1.165) is 18.0 Å². The molecule has 0 aliphatic rings. The molecule has 0 saturated carbocycles. The van der Waals surface area contributed by atoms with Gasteiger partial charge in [0.25, 0.3) is 0 Å². The highest BCUT2D eigenvalue weighted by Crippen LogP contribution is 2.24. The first-order chi connectivity index (χ1) is 7.15. The Labute approximate surface area is 93.7 Å². The van der Waals surface area contributed by atoms with Gasteiger partial charge in [0.15, 0.2) is 5.16 Å². The van der Waals surface area contributed by atoms with Crippen molar-refractivity contribution in [3.05, 3.63) is 12.4 Å². The minimum absolute atomic E-state index is 0.383. The van der Waals surface area contributed by atoms with Crippen molar-refractivity contribution in [3.63, 3.8) is 0 Å². The van der Waals surface area contributed by atoms with Crippen molar-refractivity contribution in [1.29, 1.82) is 0 Å². The van der Waals surface area contributed by atoms with Gasteiger partial charge in [-0.1, -0.05) is 31.5 Å². The van der Waals surface area contributed by atoms with Crippen LogP contribution in [-0.4, -0.2) is 25.9 Å². The molecule has 1 rings (SSSR count). The van der Waals surface area contributed by atoms with Crippen LogP contribution in [0.5, 0.6) is 0 Å². The maximum atomic E-state index is 11.0. The number of rotatable bonds is 6. The summed E-state index contributed by atoms with van der Waals surface area (Å²) in [6, 6.07) is 0. The van der Waals surface area contributed by atoms with Crippen LogP contribution in [0.4, 0.5) is 0 Å². The average Bonchev–Trinajstić information content (AvgIpc) is 2.58. The molecule has 15 heavy (non-hydrogen) atoms. The van der Waals surface area contributed by atoms with Crippen LogP contribution in [-0.2, 0) is 11.8 Å². The quantitative estimate of drug-likeness (QED) is 0.758. The number of carbonyl (C=O) groups is 1. The number of imidazole rings is 1. The zero-order chi connectivity index (χ0) is 11.3. The molecule has 0 fully saturated rings. The summed E-state index contributed by atoms with van der Waals surface area (Å²) in [7, 11) is 1.87. The Morgan fingerprint density at radius 3 is 2.93 bits per heavy atom. The van der Waals surface area contributed by atoms with Gasteiger partial charge in [-0.25, -0.2) is 4.98 Å². The molecule has 84 valence electrons. The molecular formula is C10H16N2O2S. The molecule has 1 aromatic rings. The van der Waals surface area contributed by atoms with Crippen molar-refractivity contribution >= 4 is 17.7 Å². The number of unbranched alkanes of at least 4 members (excludes halogenated alkanes) is 1. The van der Waals surface area contributed by atoms with Crippen LogP contribution in [0.3, 0.4) is 0 Å². The predicted molar refractivity (Wildman–Crippen MR) is 60.0 cm³/mol. The van der Waals surface area contributed by atoms with Gasteiger partial charge in [0, 0.05) is 19.4 Å². The van der Waals surface area contributed by atoms with E-state index in [2.05, 4.69) is 11.9 Å². The lowest BCUT2D eigenvalue weighted by Gasteiger charge is -2.10. The minimum Gasteiger partial charge on any atom is -0.480 e. The lowest BCUT2D eigenvalue weighted by molar-refractivity contribution is -0.136. The van der Waals surface area contributed by atoms with E-state index in [9.17, 15) is 4.79 Å². The number of hydrogen-bond acceptors (Lipinski definition) is 3. The number of aliphatic carboxylic acids is 1. The molecule has 1 heterocycles. The van der Waals surface area contributed by atoms with Crippen molar-refractivity contribution in [2.75, 3.05) is 0 Å². The number of carboxylic acids is 1. The first-order valence-electron chi connectivity index (χ1n) is 5.02. The first kappa shape index (κ1) is 12.1. The number of aryl methyl sites for hydroxylation is 1. The van der Waals surface area contributed by atoms with Crippen LogP contribution < -0.4 is 0 Å². The van der Waals surface area contributed by atoms with Gasteiger partial charge in [-0.15, -0.1) is 0 Å². The van der Waals surface area contributed by atoms with Crippen LogP contribution in [0.15, 0.2) is 17.6 Å². The maximum absolute atomic E-state index is 11.0. The normalized spacial score (nSPS) is 12.7. The Morgan fingerprint density at radius 2 is 2.47 bits per heavy atom. The summed E-state index contributed by atoms with van der Waals surface area (Å²) in [6.07, 6.45) is 6.16. The predicted octanol–water partition coefficient (Wildman–Crippen LogP) is 2.16. The van der Waals surface area contributed by atoms with Gasteiger partial charge in [-0.2, -0.15) is 0 Å². The molecular weight excluding hydrogens is 212 g/mol. The summed E-state index contributed by atoms with van der Waals surface area (Å²) in [5.41, 5.74) is 0. The third-order valence-electron chi connectivity index (χ3n) is 2.12. The van der Waals surface area contributed by atoms with Crippen LogP contribution in [0.2, 0.25) is 0 Å². The fourth-order valence-electron chi connectivity index (χ4n) is 1.22. The smallest absolute Gasteiger partial charge is 0.317 e. The standard InChI is InChI=1S/C10H16N2O2S/c1-3-4-5-8(9(13)14)15-10-11-6-7-12(10)2/h6-8H,3-5H2,1-2H3,(H,13,14). The van der Waals surface area contributed by atoms with E-state index in [1.165, 1.54) is 11.8 Å². The highest BCUT2D eigenvalue weighted by atomic mass is 32.2. The average molecular weight is 228 g/mol. The molecule has 0 amide bonds. The Morgan fingerprint density at radius 1 is 1.73 bits per heavy atom. The molecule has 0 aromatic carbocycles. The Balaban J connectivity index is 2.59. The molecule has 1 N–H and O–H groups in total. The zero-order valence-corrected chi connectivity index (χ0v) is 9.83. The summed E-state index contributed by atoms with van der Waals surface area (Å²) in [5, 5.41) is 9.41. The van der Waals surface area contributed by atoms with Gasteiger partial charge in [0.1, 0.15) is 5.25 Å². The van der Waals surface area contributed by atoms with Gasteiger partial charge in [0.05, 0.1) is 0 Å². The van der Waals surface area contributed by atoms with E-state index in [4.69, 9.17) is 5.11 Å². The maximum Gasteiger partial charge on any atom is 0.317 e. The van der Waals surface area contributed by atoms with Crippen molar-refractivity contribution < 1.29 is 9.90 Å². The van der Waals surface area contributed by atoms with E-state index < -0.39 is 5.97 Å². The SMILES string of the molecule is CCCCC(Sc1nccn1C)C(=O)O. The third-order valence-corrected chi connectivity index (χ3v) is 3.45. The van der Waals surface area contributed by atoms with Gasteiger partial charge < -0.3 is 9.67 Å². The molecule has 1 aromatic heterocycles. The first-order valence-corrected chi connectivity index (χ1v) is 5.90. The molecule has 0 aliphatic carbocycles. The van der Waals surface area contributed by atoms with Gasteiger partial charge >= 0.3 is 5.97 Å². The molecule has 1 unspecified atom stereocenters. The molecule has 0 radical (unpaired) electrons. The minimum atomic E-state index is -0.753. The van der Waals surface area contributed by atoms with Crippen molar-refractivity contribution in [1.82, 2.24) is 9.55 Å². The fourth-order valence-corrected chi connectivity index (χ4v) is 2.20. The Hall–Kier alpha value is -0.970. The number of thioether (sulfide) groups is 1. The summed E-state index contributed by atoms with van der Waals surface area (Å²) in [5.74, 6) is -0.753. The van der Waals surface area contributed by atoms with E-state index in [0.29, 0.717) is 6.42 Å². The lowest BCUT2D eigenvalue weighted by Crippen LogP contribution is -2.16. The van der Waals surface area contributed by atoms with Crippen LogP contribution in [0.25, 0.3) is 0 Å². The molecule has 0 spiro atoms. The second-order valence-corrected chi connectivity index (χ2v) is 4.58. The van der Waals surface area contributed by atoms with Crippen molar-refractivity contribution in [3.8, 4) is 0 Å². The topological polar surface area (TPSA) is 55.1 Å². The van der Waals surface area contributed by atoms with E-state index in [1.807, 2.05) is 17.8 Å². The second-order valence-electron chi connectivity index (χ2n) is 3.41. The van der Waals surface area contributed by atoms with Crippen LogP contribution in [0.1, 0.15) is 26.2 Å². The molecule has 1 atom stereocenters. The highest BCUT2D eigenvalue weighted by molar-refractivity contribution is 8.00. The van der Waals surface area contributed by atoms with Gasteiger partial charge in [-0.05, 0) is 6.42 Å². The summed E-state index contributed by atoms with van der Waals surface area (Å²) < 4.78 is 1.84.